The van der Waals surface area contributed by atoms with Crippen LogP contribution in [-0.4, -0.2) is 24.2 Å². The quantitative estimate of drug-likeness (QED) is 0.835. The minimum atomic E-state index is 0.296. The second-order valence-corrected chi connectivity index (χ2v) is 5.44. The smallest absolute Gasteiger partial charge is 0.106 e. The molecule has 0 saturated carbocycles. The van der Waals surface area contributed by atoms with E-state index < -0.39 is 0 Å². The third kappa shape index (κ3) is 3.13. The molecule has 1 fully saturated rings. The van der Waals surface area contributed by atoms with Crippen molar-refractivity contribution in [2.75, 3.05) is 18.5 Å². The predicted molar refractivity (Wildman–Crippen MR) is 79.4 cm³/mol. The molecule has 0 radical (unpaired) electrons. The van der Waals surface area contributed by atoms with Crippen molar-refractivity contribution in [2.45, 2.75) is 19.4 Å². The molecule has 1 aromatic rings. The van der Waals surface area contributed by atoms with Crippen LogP contribution < -0.4 is 11.1 Å². The summed E-state index contributed by atoms with van der Waals surface area (Å²) in [5, 5.41) is 4.05. The van der Waals surface area contributed by atoms with Gasteiger partial charge in [-0.1, -0.05) is 23.8 Å². The number of rotatable bonds is 4. The van der Waals surface area contributed by atoms with Gasteiger partial charge in [0.15, 0.2) is 0 Å². The molecule has 2 atom stereocenters. The largest absolute Gasteiger partial charge is 0.389 e. The third-order valence-corrected chi connectivity index (χ3v) is 3.79. The lowest BCUT2D eigenvalue weighted by atomic mass is 10.0. The molecular formula is C13H17ClN2OS. The molecule has 18 heavy (non-hydrogen) atoms. The lowest BCUT2D eigenvalue weighted by Crippen LogP contribution is -2.22. The highest BCUT2D eigenvalue weighted by atomic mass is 35.5. The molecule has 98 valence electrons. The molecule has 0 amide bonds. The van der Waals surface area contributed by atoms with E-state index in [9.17, 15) is 0 Å². The summed E-state index contributed by atoms with van der Waals surface area (Å²) in [5.74, 6) is 0.517. The Bertz CT molecular complexity index is 453. The van der Waals surface area contributed by atoms with Crippen molar-refractivity contribution in [3.05, 3.63) is 28.8 Å². The van der Waals surface area contributed by atoms with Gasteiger partial charge in [0.25, 0.3) is 0 Å². The van der Waals surface area contributed by atoms with Crippen molar-refractivity contribution < 1.29 is 4.74 Å². The summed E-state index contributed by atoms with van der Waals surface area (Å²) in [6.45, 7) is 3.79. The van der Waals surface area contributed by atoms with Gasteiger partial charge in [0, 0.05) is 35.3 Å². The average molecular weight is 285 g/mol. The van der Waals surface area contributed by atoms with Gasteiger partial charge in [-0.2, -0.15) is 0 Å². The fourth-order valence-corrected chi connectivity index (χ4v) is 2.51. The second kappa shape index (κ2) is 5.87. The molecule has 1 aliphatic rings. The summed E-state index contributed by atoms with van der Waals surface area (Å²) < 4.78 is 5.54. The maximum atomic E-state index is 6.00. The van der Waals surface area contributed by atoms with E-state index in [1.165, 1.54) is 0 Å². The van der Waals surface area contributed by atoms with Gasteiger partial charge >= 0.3 is 0 Å². The molecule has 3 N–H and O–H groups in total. The number of hydrogen-bond donors (Lipinski definition) is 2. The van der Waals surface area contributed by atoms with E-state index in [1.54, 1.807) is 6.07 Å². The number of thiocarbonyl (C=S) groups is 1. The van der Waals surface area contributed by atoms with E-state index in [0.29, 0.717) is 22.0 Å². The summed E-state index contributed by atoms with van der Waals surface area (Å²) in [7, 11) is 0. The SMILES string of the molecule is CC1OCCC1CNc1cc(Cl)ccc1C(N)=S. The summed E-state index contributed by atoms with van der Waals surface area (Å²) in [4.78, 5) is 0.380. The zero-order chi connectivity index (χ0) is 13.1. The third-order valence-electron chi connectivity index (χ3n) is 3.34. The van der Waals surface area contributed by atoms with Gasteiger partial charge in [0.2, 0.25) is 0 Å². The Morgan fingerprint density at radius 1 is 1.61 bits per heavy atom. The Morgan fingerprint density at radius 2 is 2.39 bits per heavy atom. The van der Waals surface area contributed by atoms with Gasteiger partial charge in [-0.25, -0.2) is 0 Å². The van der Waals surface area contributed by atoms with Crippen LogP contribution >= 0.6 is 23.8 Å². The first-order valence-corrected chi connectivity index (χ1v) is 6.81. The molecule has 0 aliphatic carbocycles. The average Bonchev–Trinajstić information content (AvgIpc) is 2.72. The van der Waals surface area contributed by atoms with E-state index in [0.717, 1.165) is 30.8 Å². The maximum Gasteiger partial charge on any atom is 0.106 e. The van der Waals surface area contributed by atoms with Gasteiger partial charge < -0.3 is 15.8 Å². The first-order chi connectivity index (χ1) is 8.58. The van der Waals surface area contributed by atoms with Crippen LogP contribution in [0.5, 0.6) is 0 Å². The summed E-state index contributed by atoms with van der Waals surface area (Å²) in [5.41, 5.74) is 7.43. The van der Waals surface area contributed by atoms with Crippen molar-refractivity contribution in [3.8, 4) is 0 Å². The number of ether oxygens (including phenoxy) is 1. The summed E-state index contributed by atoms with van der Waals surface area (Å²) in [6, 6.07) is 5.50. The van der Waals surface area contributed by atoms with Crippen molar-refractivity contribution in [3.63, 3.8) is 0 Å². The number of hydrogen-bond acceptors (Lipinski definition) is 3. The van der Waals surface area contributed by atoms with Crippen LogP contribution in [0.25, 0.3) is 0 Å². The molecule has 5 heteroatoms. The zero-order valence-electron chi connectivity index (χ0n) is 10.3. The minimum absolute atomic E-state index is 0.296. The van der Waals surface area contributed by atoms with Crippen molar-refractivity contribution in [2.24, 2.45) is 11.7 Å². The van der Waals surface area contributed by atoms with E-state index in [2.05, 4.69) is 12.2 Å². The monoisotopic (exact) mass is 284 g/mol. The van der Waals surface area contributed by atoms with Crippen LogP contribution in [0.15, 0.2) is 18.2 Å². The summed E-state index contributed by atoms with van der Waals surface area (Å²) in [6.07, 6.45) is 1.38. The van der Waals surface area contributed by atoms with E-state index >= 15 is 0 Å². The highest BCUT2D eigenvalue weighted by Gasteiger charge is 2.24. The number of anilines is 1. The number of nitrogens with one attached hydrogen (secondary N) is 1. The molecule has 1 aliphatic heterocycles. The first kappa shape index (κ1) is 13.6. The Morgan fingerprint density at radius 3 is 3.00 bits per heavy atom. The van der Waals surface area contributed by atoms with Gasteiger partial charge in [0.1, 0.15) is 4.99 Å². The Balaban J connectivity index is 2.08. The molecule has 0 spiro atoms. The Kier molecular flexibility index (Phi) is 4.43. The molecule has 2 rings (SSSR count). The van der Waals surface area contributed by atoms with Crippen LogP contribution in [0.3, 0.4) is 0 Å². The highest BCUT2D eigenvalue weighted by molar-refractivity contribution is 7.80. The predicted octanol–water partition coefficient (Wildman–Crippen LogP) is 2.81. The molecule has 0 bridgehead atoms. The standard InChI is InChI=1S/C13H17ClN2OS/c1-8-9(4-5-17-8)7-16-12-6-10(14)2-3-11(12)13(15)18/h2-3,6,8-9,16H,4-5,7H2,1H3,(H2,15,18). The zero-order valence-corrected chi connectivity index (χ0v) is 11.9. The number of benzene rings is 1. The van der Waals surface area contributed by atoms with E-state index in [1.807, 2.05) is 12.1 Å². The molecule has 1 saturated heterocycles. The van der Waals surface area contributed by atoms with Crippen LogP contribution in [0, 0.1) is 5.92 Å². The second-order valence-electron chi connectivity index (χ2n) is 4.56. The van der Waals surface area contributed by atoms with Gasteiger partial charge in [0.05, 0.1) is 6.10 Å². The van der Waals surface area contributed by atoms with Crippen LogP contribution in [-0.2, 0) is 4.74 Å². The first-order valence-electron chi connectivity index (χ1n) is 6.02. The van der Waals surface area contributed by atoms with Crippen molar-refractivity contribution in [1.82, 2.24) is 0 Å². The van der Waals surface area contributed by atoms with Crippen LogP contribution in [0.2, 0.25) is 5.02 Å². The number of nitrogens with two attached hydrogens (primary N) is 1. The van der Waals surface area contributed by atoms with Gasteiger partial charge in [-0.05, 0) is 31.5 Å². The lowest BCUT2D eigenvalue weighted by Gasteiger charge is -2.17. The fraction of sp³-hybridized carbons (Fsp3) is 0.462. The van der Waals surface area contributed by atoms with Crippen LogP contribution in [0.4, 0.5) is 5.69 Å². The molecule has 1 aromatic carbocycles. The topological polar surface area (TPSA) is 47.3 Å². The van der Waals surface area contributed by atoms with Gasteiger partial charge in [-0.15, -0.1) is 0 Å². The van der Waals surface area contributed by atoms with Crippen molar-refractivity contribution in [1.29, 1.82) is 0 Å². The highest BCUT2D eigenvalue weighted by Crippen LogP contribution is 2.24. The van der Waals surface area contributed by atoms with E-state index in [-0.39, 0.29) is 0 Å². The van der Waals surface area contributed by atoms with E-state index in [4.69, 9.17) is 34.3 Å². The molecule has 0 aromatic heterocycles. The Labute approximate surface area is 118 Å². The summed E-state index contributed by atoms with van der Waals surface area (Å²) >= 11 is 11.0. The normalized spacial score (nSPS) is 23.0. The minimum Gasteiger partial charge on any atom is -0.389 e. The molecule has 1 heterocycles. The fourth-order valence-electron chi connectivity index (χ4n) is 2.16. The molecular weight excluding hydrogens is 268 g/mol. The van der Waals surface area contributed by atoms with Gasteiger partial charge in [-0.3, -0.25) is 0 Å². The molecule has 2 unspecified atom stereocenters. The van der Waals surface area contributed by atoms with Crippen molar-refractivity contribution >= 4 is 34.5 Å². The lowest BCUT2D eigenvalue weighted by molar-refractivity contribution is 0.108. The maximum absolute atomic E-state index is 6.00. The van der Waals surface area contributed by atoms with Crippen LogP contribution in [0.1, 0.15) is 18.9 Å². The Hall–Kier alpha value is -0.840. The molecule has 3 nitrogen and oxygen atoms in total. The number of halogens is 1.